The standard InChI is InChI=1S/C18H22ClN/c1-4-13-9-10-14(5-2)16(11-13)18(20)15-8-6-7-12(3)17(15)19/h6-11,18H,4-5,20H2,1-3H3. The normalized spacial score (nSPS) is 12.4. The first-order chi connectivity index (χ1) is 9.58. The topological polar surface area (TPSA) is 26.0 Å². The maximum atomic E-state index is 6.50. The van der Waals surface area contributed by atoms with Crippen molar-refractivity contribution in [3.63, 3.8) is 0 Å². The molecule has 0 radical (unpaired) electrons. The van der Waals surface area contributed by atoms with Gasteiger partial charge in [0.25, 0.3) is 0 Å². The summed E-state index contributed by atoms with van der Waals surface area (Å²) in [5.41, 5.74) is 12.4. The Bertz CT molecular complexity index is 604. The van der Waals surface area contributed by atoms with Crippen molar-refractivity contribution in [3.8, 4) is 0 Å². The summed E-state index contributed by atoms with van der Waals surface area (Å²) in [6.07, 6.45) is 2.00. The average Bonchev–Trinajstić information content (AvgIpc) is 2.48. The summed E-state index contributed by atoms with van der Waals surface area (Å²) in [6.45, 7) is 6.34. The van der Waals surface area contributed by atoms with Gasteiger partial charge in [-0.1, -0.05) is 61.8 Å². The predicted octanol–water partition coefficient (Wildman–Crippen LogP) is 4.82. The molecule has 0 aliphatic carbocycles. The van der Waals surface area contributed by atoms with Crippen molar-refractivity contribution < 1.29 is 0 Å². The van der Waals surface area contributed by atoms with Gasteiger partial charge in [0.05, 0.1) is 6.04 Å². The van der Waals surface area contributed by atoms with Gasteiger partial charge in [0.2, 0.25) is 0 Å². The Labute approximate surface area is 126 Å². The van der Waals surface area contributed by atoms with Gasteiger partial charge in [-0.15, -0.1) is 0 Å². The highest BCUT2D eigenvalue weighted by Gasteiger charge is 2.16. The van der Waals surface area contributed by atoms with E-state index in [-0.39, 0.29) is 6.04 Å². The Kier molecular flexibility index (Phi) is 4.85. The van der Waals surface area contributed by atoms with E-state index >= 15 is 0 Å². The number of nitrogens with two attached hydrogens (primary N) is 1. The van der Waals surface area contributed by atoms with E-state index in [0.29, 0.717) is 0 Å². The van der Waals surface area contributed by atoms with Crippen LogP contribution in [-0.2, 0) is 12.8 Å². The number of rotatable bonds is 4. The quantitative estimate of drug-likeness (QED) is 0.857. The first-order valence-corrected chi connectivity index (χ1v) is 7.58. The molecule has 0 aliphatic heterocycles. The van der Waals surface area contributed by atoms with Gasteiger partial charge in [-0.3, -0.25) is 0 Å². The van der Waals surface area contributed by atoms with Crippen molar-refractivity contribution >= 4 is 11.6 Å². The zero-order valence-corrected chi connectivity index (χ0v) is 13.2. The maximum Gasteiger partial charge on any atom is 0.0569 e. The molecular formula is C18H22ClN. The third kappa shape index (κ3) is 2.89. The molecule has 2 N–H and O–H groups in total. The zero-order chi connectivity index (χ0) is 14.7. The molecule has 2 heteroatoms. The number of hydrogen-bond acceptors (Lipinski definition) is 1. The molecule has 0 aromatic heterocycles. The Morgan fingerprint density at radius 2 is 1.80 bits per heavy atom. The summed E-state index contributed by atoms with van der Waals surface area (Å²) in [6, 6.07) is 12.5. The van der Waals surface area contributed by atoms with Crippen molar-refractivity contribution in [3.05, 3.63) is 69.2 Å². The lowest BCUT2D eigenvalue weighted by molar-refractivity contribution is 0.844. The monoisotopic (exact) mass is 287 g/mol. The van der Waals surface area contributed by atoms with Crippen LogP contribution in [0.3, 0.4) is 0 Å². The van der Waals surface area contributed by atoms with E-state index in [2.05, 4.69) is 32.0 Å². The Morgan fingerprint density at radius 1 is 1.05 bits per heavy atom. The van der Waals surface area contributed by atoms with Crippen LogP contribution in [0.5, 0.6) is 0 Å². The number of aryl methyl sites for hydroxylation is 3. The van der Waals surface area contributed by atoms with E-state index in [1.54, 1.807) is 0 Å². The van der Waals surface area contributed by atoms with Crippen molar-refractivity contribution in [2.24, 2.45) is 5.73 Å². The highest BCUT2D eigenvalue weighted by molar-refractivity contribution is 6.32. The fourth-order valence-corrected chi connectivity index (χ4v) is 2.80. The van der Waals surface area contributed by atoms with Gasteiger partial charge >= 0.3 is 0 Å². The van der Waals surface area contributed by atoms with Gasteiger partial charge in [-0.2, -0.15) is 0 Å². The second-order valence-corrected chi connectivity index (χ2v) is 5.57. The number of halogens is 1. The minimum Gasteiger partial charge on any atom is -0.320 e. The van der Waals surface area contributed by atoms with Gasteiger partial charge in [0, 0.05) is 5.02 Å². The van der Waals surface area contributed by atoms with Gasteiger partial charge in [-0.05, 0) is 47.6 Å². The molecule has 2 aromatic carbocycles. The molecule has 20 heavy (non-hydrogen) atoms. The maximum absolute atomic E-state index is 6.50. The van der Waals surface area contributed by atoms with Crippen molar-refractivity contribution in [1.82, 2.24) is 0 Å². The third-order valence-electron chi connectivity index (χ3n) is 3.89. The van der Waals surface area contributed by atoms with Gasteiger partial charge in [0.15, 0.2) is 0 Å². The molecule has 2 rings (SSSR count). The first-order valence-electron chi connectivity index (χ1n) is 7.20. The van der Waals surface area contributed by atoms with Crippen LogP contribution >= 0.6 is 11.6 Å². The summed E-state index contributed by atoms with van der Waals surface area (Å²) in [4.78, 5) is 0. The molecule has 0 amide bonds. The molecule has 0 aliphatic rings. The van der Waals surface area contributed by atoms with E-state index in [1.807, 2.05) is 25.1 Å². The highest BCUT2D eigenvalue weighted by Crippen LogP contribution is 2.31. The van der Waals surface area contributed by atoms with Crippen molar-refractivity contribution in [2.45, 2.75) is 39.7 Å². The molecule has 0 heterocycles. The first kappa shape index (κ1) is 15.1. The minimum atomic E-state index is -0.163. The fourth-order valence-electron chi connectivity index (χ4n) is 2.55. The lowest BCUT2D eigenvalue weighted by Gasteiger charge is -2.19. The van der Waals surface area contributed by atoms with E-state index in [4.69, 9.17) is 17.3 Å². The molecule has 0 saturated heterocycles. The third-order valence-corrected chi connectivity index (χ3v) is 4.41. The summed E-state index contributed by atoms with van der Waals surface area (Å²) in [5, 5.41) is 0.781. The summed E-state index contributed by atoms with van der Waals surface area (Å²) >= 11 is 6.43. The minimum absolute atomic E-state index is 0.163. The van der Waals surface area contributed by atoms with Crippen LogP contribution in [0.2, 0.25) is 5.02 Å². The van der Waals surface area contributed by atoms with Crippen molar-refractivity contribution in [2.75, 3.05) is 0 Å². The second kappa shape index (κ2) is 6.43. The zero-order valence-electron chi connectivity index (χ0n) is 12.4. The molecule has 0 spiro atoms. The van der Waals surface area contributed by atoms with Crippen LogP contribution in [-0.4, -0.2) is 0 Å². The number of hydrogen-bond donors (Lipinski definition) is 1. The van der Waals surface area contributed by atoms with Gasteiger partial charge < -0.3 is 5.73 Å². The average molecular weight is 288 g/mol. The lowest BCUT2D eigenvalue weighted by Crippen LogP contribution is -2.15. The van der Waals surface area contributed by atoms with Crippen LogP contribution in [0.4, 0.5) is 0 Å². The van der Waals surface area contributed by atoms with Crippen LogP contribution in [0.1, 0.15) is 47.7 Å². The molecule has 0 fully saturated rings. The SMILES string of the molecule is CCc1ccc(CC)c(C(N)c2cccc(C)c2Cl)c1. The molecule has 2 aromatic rings. The number of benzene rings is 2. The van der Waals surface area contributed by atoms with Crippen LogP contribution in [0.25, 0.3) is 0 Å². The Hall–Kier alpha value is -1.31. The highest BCUT2D eigenvalue weighted by atomic mass is 35.5. The molecule has 0 bridgehead atoms. The molecule has 106 valence electrons. The summed E-state index contributed by atoms with van der Waals surface area (Å²) < 4.78 is 0. The summed E-state index contributed by atoms with van der Waals surface area (Å²) in [7, 11) is 0. The second-order valence-electron chi connectivity index (χ2n) is 5.20. The Morgan fingerprint density at radius 3 is 2.45 bits per heavy atom. The molecule has 1 unspecified atom stereocenters. The van der Waals surface area contributed by atoms with Gasteiger partial charge in [0.1, 0.15) is 0 Å². The molecule has 0 saturated carbocycles. The predicted molar refractivity (Wildman–Crippen MR) is 87.4 cm³/mol. The van der Waals surface area contributed by atoms with Crippen molar-refractivity contribution in [1.29, 1.82) is 0 Å². The van der Waals surface area contributed by atoms with E-state index in [1.165, 1.54) is 16.7 Å². The van der Waals surface area contributed by atoms with Crippen LogP contribution < -0.4 is 5.73 Å². The largest absolute Gasteiger partial charge is 0.320 e. The Balaban J connectivity index is 2.51. The van der Waals surface area contributed by atoms with E-state index in [9.17, 15) is 0 Å². The fraction of sp³-hybridized carbons (Fsp3) is 0.333. The lowest BCUT2D eigenvalue weighted by atomic mass is 9.91. The molecule has 1 nitrogen and oxygen atoms in total. The molecular weight excluding hydrogens is 266 g/mol. The van der Waals surface area contributed by atoms with Gasteiger partial charge in [-0.25, -0.2) is 0 Å². The van der Waals surface area contributed by atoms with E-state index < -0.39 is 0 Å². The smallest absolute Gasteiger partial charge is 0.0569 e. The van der Waals surface area contributed by atoms with E-state index in [0.717, 1.165) is 29.0 Å². The van der Waals surface area contributed by atoms with Crippen LogP contribution in [0.15, 0.2) is 36.4 Å². The van der Waals surface area contributed by atoms with Crippen LogP contribution in [0, 0.1) is 6.92 Å². The summed E-state index contributed by atoms with van der Waals surface area (Å²) in [5.74, 6) is 0. The molecule has 1 atom stereocenters.